The second-order valence-electron chi connectivity index (χ2n) is 5.36. The van der Waals surface area contributed by atoms with Gasteiger partial charge >= 0.3 is 0 Å². The number of nitrogens with zero attached hydrogens (tertiary/aromatic N) is 4. The summed E-state index contributed by atoms with van der Waals surface area (Å²) in [6, 6.07) is 15.5. The van der Waals surface area contributed by atoms with Crippen molar-refractivity contribution >= 4 is 17.3 Å². The number of fused-ring (bicyclic) bond motifs is 3. The third-order valence-electron chi connectivity index (χ3n) is 3.95. The minimum Gasteiger partial charge on any atom is -0.691 e. The average molecular weight is 325 g/mol. The molecule has 1 aliphatic rings. The van der Waals surface area contributed by atoms with Crippen LogP contribution in [0.3, 0.4) is 0 Å². The molecule has 3 aromatic rings. The highest BCUT2D eigenvalue weighted by Crippen LogP contribution is 2.27. The molecule has 6 heteroatoms. The van der Waals surface area contributed by atoms with E-state index in [-0.39, 0.29) is 0 Å². The van der Waals surface area contributed by atoms with Crippen molar-refractivity contribution in [3.05, 3.63) is 81.5 Å². The fraction of sp³-hybridized carbons (Fsp3) is 0.118. The standard InChI is InChI=1S/C17H13ClN4O/c1-11-21-15-8-7-13(18)9-14(15)17(12-5-3-2-4-6-12)19-10-16(21)20-22(11)23/h2-9H,10H2,1H3. The highest BCUT2D eigenvalue weighted by atomic mass is 35.5. The Morgan fingerprint density at radius 3 is 2.74 bits per heavy atom. The Morgan fingerprint density at radius 1 is 1.17 bits per heavy atom. The van der Waals surface area contributed by atoms with Crippen LogP contribution in [0.2, 0.25) is 5.02 Å². The lowest BCUT2D eigenvalue weighted by Crippen LogP contribution is -2.31. The first-order valence-corrected chi connectivity index (χ1v) is 7.61. The van der Waals surface area contributed by atoms with Gasteiger partial charge in [0.25, 0.3) is 11.6 Å². The van der Waals surface area contributed by atoms with E-state index in [4.69, 9.17) is 16.6 Å². The molecule has 0 fully saturated rings. The molecule has 23 heavy (non-hydrogen) atoms. The summed E-state index contributed by atoms with van der Waals surface area (Å²) in [4.78, 5) is 5.33. The van der Waals surface area contributed by atoms with Crippen LogP contribution < -0.4 is 4.85 Å². The molecule has 0 atom stereocenters. The van der Waals surface area contributed by atoms with Crippen LogP contribution in [0.5, 0.6) is 0 Å². The molecule has 0 saturated heterocycles. The lowest BCUT2D eigenvalue weighted by atomic mass is 10.0. The number of aromatic nitrogens is 3. The van der Waals surface area contributed by atoms with Crippen LogP contribution in [-0.2, 0) is 6.54 Å². The third kappa shape index (κ3) is 2.21. The smallest absolute Gasteiger partial charge is 0.284 e. The number of hydrogen-bond donors (Lipinski definition) is 0. The Morgan fingerprint density at radius 2 is 1.96 bits per heavy atom. The first-order valence-electron chi connectivity index (χ1n) is 7.23. The van der Waals surface area contributed by atoms with Crippen molar-refractivity contribution in [1.82, 2.24) is 9.67 Å². The summed E-state index contributed by atoms with van der Waals surface area (Å²) in [5, 5.41) is 16.5. The van der Waals surface area contributed by atoms with Gasteiger partial charge in [0.1, 0.15) is 12.2 Å². The van der Waals surface area contributed by atoms with Crippen LogP contribution in [0, 0.1) is 12.1 Å². The minimum atomic E-state index is 0.340. The molecule has 5 nitrogen and oxygen atoms in total. The Kier molecular flexibility index (Phi) is 3.16. The maximum absolute atomic E-state index is 11.9. The van der Waals surface area contributed by atoms with Crippen molar-refractivity contribution in [1.29, 1.82) is 0 Å². The average Bonchev–Trinajstić information content (AvgIpc) is 2.75. The Bertz CT molecular complexity index is 931. The summed E-state index contributed by atoms with van der Waals surface area (Å²) >= 11 is 6.21. The Labute approximate surface area is 138 Å². The van der Waals surface area contributed by atoms with Crippen molar-refractivity contribution < 1.29 is 4.85 Å². The highest BCUT2D eigenvalue weighted by Gasteiger charge is 2.28. The monoisotopic (exact) mass is 324 g/mol. The van der Waals surface area contributed by atoms with E-state index in [1.54, 1.807) is 6.92 Å². The lowest BCUT2D eigenvalue weighted by Gasteiger charge is -2.09. The van der Waals surface area contributed by atoms with E-state index in [1.807, 2.05) is 53.1 Å². The van der Waals surface area contributed by atoms with Crippen LogP contribution in [0.4, 0.5) is 0 Å². The van der Waals surface area contributed by atoms with Gasteiger partial charge < -0.3 is 5.21 Å². The molecule has 0 bridgehead atoms. The molecule has 0 N–H and O–H groups in total. The maximum atomic E-state index is 11.9. The van der Waals surface area contributed by atoms with Crippen LogP contribution in [0.25, 0.3) is 5.69 Å². The van der Waals surface area contributed by atoms with E-state index in [0.29, 0.717) is 28.1 Å². The molecular weight excluding hydrogens is 312 g/mol. The number of hydrogen-bond acceptors (Lipinski definition) is 3. The quantitative estimate of drug-likeness (QED) is 0.510. The van der Waals surface area contributed by atoms with Gasteiger partial charge in [-0.25, -0.2) is 0 Å². The fourth-order valence-corrected chi connectivity index (χ4v) is 3.05. The third-order valence-corrected chi connectivity index (χ3v) is 4.18. The number of halogens is 1. The number of aliphatic imine (C=N–C) groups is 1. The predicted octanol–water partition coefficient (Wildman–Crippen LogP) is 2.82. The molecule has 2 heterocycles. The van der Waals surface area contributed by atoms with E-state index >= 15 is 0 Å². The van der Waals surface area contributed by atoms with Crippen molar-refractivity contribution in [2.45, 2.75) is 13.5 Å². The van der Waals surface area contributed by atoms with E-state index in [1.165, 1.54) is 0 Å². The Balaban J connectivity index is 2.02. The zero-order valence-electron chi connectivity index (χ0n) is 12.4. The normalized spacial score (nSPS) is 13.0. The summed E-state index contributed by atoms with van der Waals surface area (Å²) in [7, 11) is 0. The molecule has 0 saturated carbocycles. The topological polar surface area (TPSA) is 57.1 Å². The highest BCUT2D eigenvalue weighted by molar-refractivity contribution is 6.31. The van der Waals surface area contributed by atoms with Crippen LogP contribution in [-0.4, -0.2) is 15.4 Å². The molecule has 0 amide bonds. The number of benzene rings is 2. The second kappa shape index (κ2) is 5.21. The summed E-state index contributed by atoms with van der Waals surface area (Å²) in [5.74, 6) is 1.13. The zero-order chi connectivity index (χ0) is 16.0. The van der Waals surface area contributed by atoms with Gasteiger partial charge in [-0.2, -0.15) is 4.57 Å². The summed E-state index contributed by atoms with van der Waals surface area (Å²) in [6.07, 6.45) is 0. The fourth-order valence-electron chi connectivity index (χ4n) is 2.88. The molecule has 0 spiro atoms. The zero-order valence-corrected chi connectivity index (χ0v) is 13.2. The van der Waals surface area contributed by atoms with Gasteiger partial charge in [-0.15, -0.1) is 4.85 Å². The minimum absolute atomic E-state index is 0.340. The van der Waals surface area contributed by atoms with Crippen molar-refractivity contribution in [2.75, 3.05) is 0 Å². The largest absolute Gasteiger partial charge is 0.691 e. The second-order valence-corrected chi connectivity index (χ2v) is 5.80. The van der Waals surface area contributed by atoms with Crippen molar-refractivity contribution in [2.24, 2.45) is 4.99 Å². The van der Waals surface area contributed by atoms with Crippen molar-refractivity contribution in [3.8, 4) is 5.69 Å². The molecule has 0 radical (unpaired) electrons. The van der Waals surface area contributed by atoms with Gasteiger partial charge in [0.2, 0.25) is 0 Å². The summed E-state index contributed by atoms with van der Waals surface area (Å²) in [6.45, 7) is 2.09. The maximum Gasteiger partial charge on any atom is 0.284 e. The first-order chi connectivity index (χ1) is 11.1. The molecule has 0 aliphatic carbocycles. The van der Waals surface area contributed by atoms with Gasteiger partial charge in [-0.3, -0.25) is 4.99 Å². The molecule has 114 valence electrons. The van der Waals surface area contributed by atoms with Gasteiger partial charge in [-0.1, -0.05) is 41.9 Å². The predicted molar refractivity (Wildman–Crippen MR) is 88.1 cm³/mol. The van der Waals surface area contributed by atoms with Crippen LogP contribution >= 0.6 is 11.6 Å². The van der Waals surface area contributed by atoms with Crippen molar-refractivity contribution in [3.63, 3.8) is 0 Å². The molecule has 1 aliphatic heterocycles. The van der Waals surface area contributed by atoms with E-state index < -0.39 is 0 Å². The van der Waals surface area contributed by atoms with E-state index in [9.17, 15) is 5.21 Å². The summed E-state index contributed by atoms with van der Waals surface area (Å²) in [5.41, 5.74) is 3.62. The van der Waals surface area contributed by atoms with Gasteiger partial charge in [0.15, 0.2) is 0 Å². The lowest BCUT2D eigenvalue weighted by molar-refractivity contribution is -0.673. The van der Waals surface area contributed by atoms with Gasteiger partial charge in [0.05, 0.1) is 5.71 Å². The van der Waals surface area contributed by atoms with Gasteiger partial charge in [-0.05, 0) is 23.3 Å². The SMILES string of the molecule is Cc1n2c(n[n+]1[O-])CN=C(c1ccccc1)c1cc(Cl)ccc1-2. The van der Waals surface area contributed by atoms with E-state index in [0.717, 1.165) is 22.5 Å². The summed E-state index contributed by atoms with van der Waals surface area (Å²) < 4.78 is 1.85. The van der Waals surface area contributed by atoms with Crippen LogP contribution in [0.1, 0.15) is 22.8 Å². The molecular formula is C17H13ClN4O. The molecule has 2 aromatic carbocycles. The van der Waals surface area contributed by atoms with Crippen LogP contribution in [0.15, 0.2) is 53.5 Å². The number of rotatable bonds is 1. The Hall–Kier alpha value is -2.66. The van der Waals surface area contributed by atoms with Gasteiger partial charge in [0, 0.05) is 23.1 Å². The molecule has 4 rings (SSSR count). The van der Waals surface area contributed by atoms with E-state index in [2.05, 4.69) is 5.10 Å². The molecule has 1 aromatic heterocycles. The molecule has 0 unspecified atom stereocenters. The first kappa shape index (κ1) is 14.0.